The first-order valence-electron chi connectivity index (χ1n) is 8.04. The molecule has 1 aromatic rings. The number of carbonyl (C=O) groups excluding carboxylic acids is 2. The molecule has 1 aliphatic heterocycles. The maximum atomic E-state index is 12.9. The van der Waals surface area contributed by atoms with Gasteiger partial charge in [-0.25, -0.2) is 4.79 Å². The van der Waals surface area contributed by atoms with E-state index in [1.54, 1.807) is 6.92 Å². The molecule has 5 heteroatoms. The van der Waals surface area contributed by atoms with E-state index in [0.29, 0.717) is 16.8 Å². The van der Waals surface area contributed by atoms with Crippen LogP contribution in [0.2, 0.25) is 0 Å². The van der Waals surface area contributed by atoms with Gasteiger partial charge in [0, 0.05) is 10.0 Å². The molecule has 3 rings (SSSR count). The monoisotopic (exact) mass is 377 g/mol. The minimum atomic E-state index is -0.733. The molecule has 1 fully saturated rings. The second-order valence-electron chi connectivity index (χ2n) is 6.23. The van der Waals surface area contributed by atoms with Gasteiger partial charge in [0.15, 0.2) is 0 Å². The number of para-hydroxylation sites is 1. The average Bonchev–Trinajstić information content (AvgIpc) is 2.67. The third kappa shape index (κ3) is 3.07. The summed E-state index contributed by atoms with van der Waals surface area (Å²) in [6, 6.07) is 7.45. The average molecular weight is 378 g/mol. The zero-order chi connectivity index (χ0) is 16.4. The van der Waals surface area contributed by atoms with Crippen molar-refractivity contribution >= 4 is 33.5 Å². The molecule has 0 radical (unpaired) electrons. The quantitative estimate of drug-likeness (QED) is 0.779. The number of hydrogen-bond donors (Lipinski definition) is 1. The highest BCUT2D eigenvalue weighted by atomic mass is 79.9. The smallest absolute Gasteiger partial charge is 0.335 e. The number of halogens is 1. The summed E-state index contributed by atoms with van der Waals surface area (Å²) in [6.07, 6.45) is 5.66. The van der Waals surface area contributed by atoms with Gasteiger partial charge in [-0.1, -0.05) is 25.0 Å². The van der Waals surface area contributed by atoms with Crippen molar-refractivity contribution in [2.24, 2.45) is 0 Å². The summed E-state index contributed by atoms with van der Waals surface area (Å²) < 4.78 is 6.51. The van der Waals surface area contributed by atoms with Crippen LogP contribution in [0.25, 0.3) is 0 Å². The van der Waals surface area contributed by atoms with Crippen LogP contribution in [0.4, 0.5) is 5.69 Å². The maximum absolute atomic E-state index is 12.9. The van der Waals surface area contributed by atoms with Gasteiger partial charge in [-0.2, -0.15) is 0 Å². The normalized spacial score (nSPS) is 20.3. The van der Waals surface area contributed by atoms with Crippen molar-refractivity contribution in [3.8, 4) is 0 Å². The molecule has 1 heterocycles. The fraction of sp³-hybridized carbons (Fsp3) is 0.444. The van der Waals surface area contributed by atoms with Gasteiger partial charge in [0.05, 0.1) is 11.3 Å². The summed E-state index contributed by atoms with van der Waals surface area (Å²) in [6.45, 7) is 1.69. The van der Waals surface area contributed by atoms with Crippen LogP contribution in [-0.4, -0.2) is 17.5 Å². The van der Waals surface area contributed by atoms with Crippen LogP contribution in [0.15, 0.2) is 39.9 Å². The van der Waals surface area contributed by atoms with E-state index in [2.05, 4.69) is 21.2 Å². The molecule has 0 unspecified atom stereocenters. The molecular formula is C18H20BrNO3. The highest BCUT2D eigenvalue weighted by Gasteiger charge is 2.49. The van der Waals surface area contributed by atoms with Crippen molar-refractivity contribution in [2.75, 3.05) is 5.32 Å². The molecule has 1 spiro atoms. The molecule has 1 aromatic carbocycles. The second kappa shape index (κ2) is 6.48. The molecule has 23 heavy (non-hydrogen) atoms. The van der Waals surface area contributed by atoms with Crippen molar-refractivity contribution in [3.63, 3.8) is 0 Å². The summed E-state index contributed by atoms with van der Waals surface area (Å²) in [5.41, 5.74) is 0.917. The number of amides is 1. The highest BCUT2D eigenvalue weighted by molar-refractivity contribution is 9.10. The molecular weight excluding hydrogens is 358 g/mol. The third-order valence-corrected chi connectivity index (χ3v) is 5.38. The van der Waals surface area contributed by atoms with Crippen molar-refractivity contribution in [2.45, 2.75) is 51.0 Å². The lowest BCUT2D eigenvalue weighted by Gasteiger charge is -2.29. The van der Waals surface area contributed by atoms with Crippen molar-refractivity contribution < 1.29 is 14.3 Å². The lowest BCUT2D eigenvalue weighted by atomic mass is 9.84. The Kier molecular flexibility index (Phi) is 4.57. The molecule has 4 nitrogen and oxygen atoms in total. The van der Waals surface area contributed by atoms with Gasteiger partial charge in [0.25, 0.3) is 5.91 Å². The summed E-state index contributed by atoms with van der Waals surface area (Å²) in [5, 5.41) is 2.92. The summed E-state index contributed by atoms with van der Waals surface area (Å²) >= 11 is 3.43. The van der Waals surface area contributed by atoms with E-state index in [0.717, 1.165) is 43.0 Å². The van der Waals surface area contributed by atoms with E-state index in [-0.39, 0.29) is 11.9 Å². The number of hydrogen-bond acceptors (Lipinski definition) is 3. The van der Waals surface area contributed by atoms with Gasteiger partial charge in [-0.3, -0.25) is 4.79 Å². The van der Waals surface area contributed by atoms with Gasteiger partial charge >= 0.3 is 5.97 Å². The van der Waals surface area contributed by atoms with Gasteiger partial charge < -0.3 is 10.1 Å². The van der Waals surface area contributed by atoms with Crippen LogP contribution in [0.3, 0.4) is 0 Å². The Morgan fingerprint density at radius 2 is 1.83 bits per heavy atom. The molecule has 122 valence electrons. The second-order valence-corrected chi connectivity index (χ2v) is 7.09. The van der Waals surface area contributed by atoms with E-state index < -0.39 is 5.60 Å². The standard InChI is InChI=1S/C18H20BrNO3/c1-12-15(16(21)20-14-9-5-4-8-13(14)19)18(23-17(12)22)10-6-2-3-7-11-18/h4-5,8-9H,2-3,6-7,10-11H2,1H3,(H,20,21). The Balaban J connectivity index is 1.92. The summed E-state index contributed by atoms with van der Waals surface area (Å²) in [7, 11) is 0. The van der Waals surface area contributed by atoms with E-state index >= 15 is 0 Å². The molecule has 1 aliphatic carbocycles. The number of benzene rings is 1. The van der Waals surface area contributed by atoms with Crippen molar-refractivity contribution in [1.82, 2.24) is 0 Å². The molecule has 0 atom stereocenters. The number of ether oxygens (including phenoxy) is 1. The predicted octanol–water partition coefficient (Wildman–Crippen LogP) is 4.35. The summed E-state index contributed by atoms with van der Waals surface area (Å²) in [5.74, 6) is -0.591. The minimum absolute atomic E-state index is 0.234. The number of carbonyl (C=O) groups is 2. The largest absolute Gasteiger partial charge is 0.451 e. The van der Waals surface area contributed by atoms with Crippen molar-refractivity contribution in [3.05, 3.63) is 39.9 Å². The first-order valence-corrected chi connectivity index (χ1v) is 8.83. The fourth-order valence-corrected chi connectivity index (χ4v) is 3.91. The first kappa shape index (κ1) is 16.2. The topological polar surface area (TPSA) is 55.4 Å². The predicted molar refractivity (Wildman–Crippen MR) is 92.0 cm³/mol. The Morgan fingerprint density at radius 3 is 2.48 bits per heavy atom. The van der Waals surface area contributed by atoms with E-state index in [1.807, 2.05) is 24.3 Å². The van der Waals surface area contributed by atoms with Crippen LogP contribution >= 0.6 is 15.9 Å². The molecule has 1 saturated carbocycles. The third-order valence-electron chi connectivity index (χ3n) is 4.69. The molecule has 2 aliphatic rings. The highest BCUT2D eigenvalue weighted by Crippen LogP contribution is 2.43. The number of rotatable bonds is 2. The van der Waals surface area contributed by atoms with Crippen LogP contribution in [0.5, 0.6) is 0 Å². The zero-order valence-electron chi connectivity index (χ0n) is 13.2. The van der Waals surface area contributed by atoms with Gasteiger partial charge in [-0.05, 0) is 60.7 Å². The van der Waals surface area contributed by atoms with Crippen LogP contribution in [-0.2, 0) is 14.3 Å². The van der Waals surface area contributed by atoms with Gasteiger partial charge in [0.2, 0.25) is 0 Å². The molecule has 1 amide bonds. The Morgan fingerprint density at radius 1 is 1.17 bits per heavy atom. The number of esters is 1. The zero-order valence-corrected chi connectivity index (χ0v) is 14.7. The molecule has 1 N–H and O–H groups in total. The van der Waals surface area contributed by atoms with Crippen LogP contribution in [0.1, 0.15) is 45.4 Å². The lowest BCUT2D eigenvalue weighted by molar-refractivity contribution is -0.148. The van der Waals surface area contributed by atoms with E-state index in [9.17, 15) is 9.59 Å². The SMILES string of the molecule is CC1=C(C(=O)Nc2ccccc2Br)C2(CCCCCC2)OC1=O. The van der Waals surface area contributed by atoms with Crippen LogP contribution in [0, 0.1) is 0 Å². The molecule has 0 aromatic heterocycles. The van der Waals surface area contributed by atoms with Gasteiger partial charge in [-0.15, -0.1) is 0 Å². The number of anilines is 1. The van der Waals surface area contributed by atoms with Crippen molar-refractivity contribution in [1.29, 1.82) is 0 Å². The Hall–Kier alpha value is -1.62. The molecule has 0 saturated heterocycles. The van der Waals surface area contributed by atoms with E-state index in [1.165, 1.54) is 0 Å². The molecule has 0 bridgehead atoms. The summed E-state index contributed by atoms with van der Waals surface area (Å²) in [4.78, 5) is 25.0. The minimum Gasteiger partial charge on any atom is -0.451 e. The van der Waals surface area contributed by atoms with Gasteiger partial charge in [0.1, 0.15) is 5.60 Å². The maximum Gasteiger partial charge on any atom is 0.335 e. The van der Waals surface area contributed by atoms with E-state index in [4.69, 9.17) is 4.74 Å². The van der Waals surface area contributed by atoms with Crippen LogP contribution < -0.4 is 5.32 Å². The lowest BCUT2D eigenvalue weighted by Crippen LogP contribution is -2.36. The Bertz CT molecular complexity index is 673. The fourth-order valence-electron chi connectivity index (χ4n) is 3.53. The Labute approximate surface area is 144 Å². The first-order chi connectivity index (χ1) is 11.0. The number of nitrogens with one attached hydrogen (secondary N) is 1.